The van der Waals surface area contributed by atoms with Gasteiger partial charge in [0.15, 0.2) is 0 Å². The standard InChI is InChI=1S/C16H21NO/c1-14-9-6-4-2-3-5-7-10-15(17-13-14)16-11-8-12-18-16/h4-8,11-15H,2-3,9-10H2,1H3/b6-4-,7-5-,17-13?. The summed E-state index contributed by atoms with van der Waals surface area (Å²) in [6.45, 7) is 2.20. The van der Waals surface area contributed by atoms with Crippen molar-refractivity contribution in [3.05, 3.63) is 48.5 Å². The van der Waals surface area contributed by atoms with Gasteiger partial charge in [-0.3, -0.25) is 4.99 Å². The topological polar surface area (TPSA) is 25.5 Å². The Bertz CT molecular complexity index is 414. The van der Waals surface area contributed by atoms with E-state index in [0.29, 0.717) is 5.92 Å². The highest BCUT2D eigenvalue weighted by molar-refractivity contribution is 5.60. The second-order valence-corrected chi connectivity index (χ2v) is 4.80. The minimum absolute atomic E-state index is 0.127. The maximum absolute atomic E-state index is 5.47. The van der Waals surface area contributed by atoms with Gasteiger partial charge in [0.1, 0.15) is 11.8 Å². The molecule has 18 heavy (non-hydrogen) atoms. The second kappa shape index (κ2) is 7.00. The van der Waals surface area contributed by atoms with Crippen molar-refractivity contribution < 1.29 is 4.42 Å². The van der Waals surface area contributed by atoms with Gasteiger partial charge in [0.05, 0.1) is 6.26 Å². The van der Waals surface area contributed by atoms with E-state index < -0.39 is 0 Å². The number of aliphatic imine (C=N–C) groups is 1. The van der Waals surface area contributed by atoms with E-state index >= 15 is 0 Å². The summed E-state index contributed by atoms with van der Waals surface area (Å²) in [4.78, 5) is 4.68. The summed E-state index contributed by atoms with van der Waals surface area (Å²) in [5.41, 5.74) is 0. The lowest BCUT2D eigenvalue weighted by Gasteiger charge is -2.09. The van der Waals surface area contributed by atoms with Crippen LogP contribution in [-0.2, 0) is 0 Å². The summed E-state index contributed by atoms with van der Waals surface area (Å²) in [7, 11) is 0. The zero-order valence-corrected chi connectivity index (χ0v) is 11.0. The van der Waals surface area contributed by atoms with Crippen molar-refractivity contribution in [1.29, 1.82) is 0 Å². The van der Waals surface area contributed by atoms with E-state index in [1.165, 1.54) is 0 Å². The molecule has 0 bridgehead atoms. The van der Waals surface area contributed by atoms with Gasteiger partial charge in [-0.2, -0.15) is 0 Å². The molecule has 1 aromatic rings. The molecule has 0 amide bonds. The lowest BCUT2D eigenvalue weighted by molar-refractivity contribution is 0.468. The van der Waals surface area contributed by atoms with Crippen LogP contribution < -0.4 is 0 Å². The molecule has 2 atom stereocenters. The Hall–Kier alpha value is -1.57. The molecule has 96 valence electrons. The fourth-order valence-corrected chi connectivity index (χ4v) is 2.01. The van der Waals surface area contributed by atoms with Crippen molar-refractivity contribution in [2.45, 2.75) is 38.6 Å². The smallest absolute Gasteiger partial charge is 0.128 e. The van der Waals surface area contributed by atoms with Crippen molar-refractivity contribution in [3.63, 3.8) is 0 Å². The van der Waals surface area contributed by atoms with Gasteiger partial charge in [-0.15, -0.1) is 0 Å². The Morgan fingerprint density at radius 1 is 1.11 bits per heavy atom. The highest BCUT2D eigenvalue weighted by atomic mass is 16.3. The minimum atomic E-state index is 0.127. The minimum Gasteiger partial charge on any atom is -0.467 e. The Balaban J connectivity index is 2.11. The molecule has 1 aromatic heterocycles. The van der Waals surface area contributed by atoms with E-state index in [2.05, 4.69) is 42.4 Å². The Morgan fingerprint density at radius 2 is 1.89 bits per heavy atom. The van der Waals surface area contributed by atoms with Crippen LogP contribution >= 0.6 is 0 Å². The molecule has 1 aliphatic heterocycles. The fraction of sp³-hybridized carbons (Fsp3) is 0.438. The highest BCUT2D eigenvalue weighted by Gasteiger charge is 2.10. The molecule has 2 unspecified atom stereocenters. The molecular weight excluding hydrogens is 222 g/mol. The summed E-state index contributed by atoms with van der Waals surface area (Å²) in [5.74, 6) is 1.44. The van der Waals surface area contributed by atoms with Gasteiger partial charge in [-0.1, -0.05) is 31.2 Å². The van der Waals surface area contributed by atoms with Crippen LogP contribution in [-0.4, -0.2) is 6.21 Å². The van der Waals surface area contributed by atoms with Crippen LogP contribution in [0.3, 0.4) is 0 Å². The Kier molecular flexibility index (Phi) is 5.00. The molecule has 1 aliphatic rings. The average Bonchev–Trinajstić information content (AvgIpc) is 2.87. The normalized spacial score (nSPS) is 29.2. The fourth-order valence-electron chi connectivity index (χ4n) is 2.01. The summed E-state index contributed by atoms with van der Waals surface area (Å²) < 4.78 is 5.47. The molecule has 0 fully saturated rings. The molecule has 2 heteroatoms. The third-order valence-corrected chi connectivity index (χ3v) is 3.09. The maximum Gasteiger partial charge on any atom is 0.128 e. The lowest BCUT2D eigenvalue weighted by Crippen LogP contribution is -1.99. The van der Waals surface area contributed by atoms with Crippen LogP contribution in [0.5, 0.6) is 0 Å². The van der Waals surface area contributed by atoms with Crippen LogP contribution in [0, 0.1) is 5.92 Å². The van der Waals surface area contributed by atoms with Gasteiger partial charge in [0.25, 0.3) is 0 Å². The summed E-state index contributed by atoms with van der Waals surface area (Å²) in [6, 6.07) is 4.06. The molecule has 0 spiro atoms. The molecule has 0 aliphatic carbocycles. The molecule has 0 N–H and O–H groups in total. The molecule has 0 saturated carbocycles. The molecular formula is C16H21NO. The largest absolute Gasteiger partial charge is 0.467 e. The average molecular weight is 243 g/mol. The first-order chi connectivity index (χ1) is 8.86. The predicted octanol–water partition coefficient (Wildman–Crippen LogP) is 4.71. The van der Waals surface area contributed by atoms with Crippen molar-refractivity contribution in [2.24, 2.45) is 10.9 Å². The van der Waals surface area contributed by atoms with Gasteiger partial charge in [0, 0.05) is 6.21 Å². The second-order valence-electron chi connectivity index (χ2n) is 4.80. The van der Waals surface area contributed by atoms with Gasteiger partial charge >= 0.3 is 0 Å². The lowest BCUT2D eigenvalue weighted by atomic mass is 10.1. The van der Waals surface area contributed by atoms with E-state index in [4.69, 9.17) is 4.42 Å². The van der Waals surface area contributed by atoms with Crippen molar-refractivity contribution in [2.75, 3.05) is 0 Å². The number of hydrogen-bond donors (Lipinski definition) is 0. The first-order valence-electron chi connectivity index (χ1n) is 6.73. The first kappa shape index (κ1) is 12.9. The zero-order valence-electron chi connectivity index (χ0n) is 11.0. The third kappa shape index (κ3) is 4.02. The van der Waals surface area contributed by atoms with Crippen LogP contribution in [0.1, 0.15) is 44.4 Å². The molecule has 2 heterocycles. The Morgan fingerprint density at radius 3 is 2.61 bits per heavy atom. The summed E-state index contributed by atoms with van der Waals surface area (Å²) in [5, 5.41) is 0. The molecule has 0 saturated heterocycles. The highest BCUT2D eigenvalue weighted by Crippen LogP contribution is 2.23. The number of rotatable bonds is 1. The SMILES string of the molecule is CC1C=NC(c2ccco2)C/C=C\CC/C=C\C1. The van der Waals surface area contributed by atoms with Gasteiger partial charge in [0.2, 0.25) is 0 Å². The van der Waals surface area contributed by atoms with E-state index in [1.807, 2.05) is 12.1 Å². The van der Waals surface area contributed by atoms with Gasteiger partial charge < -0.3 is 4.42 Å². The third-order valence-electron chi connectivity index (χ3n) is 3.09. The number of nitrogens with zero attached hydrogens (tertiary/aromatic N) is 1. The van der Waals surface area contributed by atoms with E-state index in [9.17, 15) is 0 Å². The van der Waals surface area contributed by atoms with Crippen LogP contribution in [0.2, 0.25) is 0 Å². The zero-order chi connectivity index (χ0) is 12.6. The van der Waals surface area contributed by atoms with E-state index in [-0.39, 0.29) is 6.04 Å². The van der Waals surface area contributed by atoms with Gasteiger partial charge in [-0.25, -0.2) is 0 Å². The predicted molar refractivity (Wildman–Crippen MR) is 75.9 cm³/mol. The van der Waals surface area contributed by atoms with Crippen LogP contribution in [0.15, 0.2) is 52.1 Å². The van der Waals surface area contributed by atoms with Crippen LogP contribution in [0.4, 0.5) is 0 Å². The van der Waals surface area contributed by atoms with E-state index in [1.54, 1.807) is 6.26 Å². The van der Waals surface area contributed by atoms with Crippen molar-refractivity contribution in [1.82, 2.24) is 0 Å². The Labute approximate surface area is 109 Å². The van der Waals surface area contributed by atoms with Crippen molar-refractivity contribution >= 4 is 6.21 Å². The monoisotopic (exact) mass is 243 g/mol. The first-order valence-corrected chi connectivity index (χ1v) is 6.73. The summed E-state index contributed by atoms with van der Waals surface area (Å²) >= 11 is 0. The quantitative estimate of drug-likeness (QED) is 0.655. The number of hydrogen-bond acceptors (Lipinski definition) is 2. The van der Waals surface area contributed by atoms with E-state index in [0.717, 1.165) is 31.4 Å². The van der Waals surface area contributed by atoms with Crippen LogP contribution in [0.25, 0.3) is 0 Å². The molecule has 2 rings (SSSR count). The maximum atomic E-state index is 5.47. The molecule has 0 radical (unpaired) electrons. The van der Waals surface area contributed by atoms with Gasteiger partial charge in [-0.05, 0) is 43.7 Å². The summed E-state index contributed by atoms with van der Waals surface area (Å²) in [6.07, 6.45) is 17.0. The number of allylic oxidation sites excluding steroid dienone is 3. The number of furan rings is 1. The van der Waals surface area contributed by atoms with Crippen molar-refractivity contribution in [3.8, 4) is 0 Å². The molecule has 2 nitrogen and oxygen atoms in total. The molecule has 0 aromatic carbocycles.